The molecule has 0 aliphatic carbocycles. The third kappa shape index (κ3) is 1.95. The average molecular weight is 291 g/mol. The lowest BCUT2D eigenvalue weighted by Crippen LogP contribution is -1.97. The Morgan fingerprint density at radius 1 is 1.29 bits per heavy atom. The van der Waals surface area contributed by atoms with Gasteiger partial charge in [-0.3, -0.25) is 4.79 Å². The van der Waals surface area contributed by atoms with Crippen molar-refractivity contribution < 1.29 is 4.79 Å². The monoisotopic (exact) mass is 289 g/mol. The van der Waals surface area contributed by atoms with Crippen LogP contribution in [0.1, 0.15) is 23.7 Å². The van der Waals surface area contributed by atoms with Gasteiger partial charge >= 0.3 is 0 Å². The fourth-order valence-corrected chi connectivity index (χ4v) is 2.66. The number of benzene rings is 1. The van der Waals surface area contributed by atoms with E-state index in [4.69, 9.17) is 34.8 Å². The third-order valence-electron chi connectivity index (χ3n) is 2.65. The minimum atomic E-state index is 0.418. The molecule has 0 atom stereocenters. The standard InChI is InChI=1S/C12H10Cl3NO/c1-2-5-16-11-7(8(6-17)12(16)15)3-4-9(13)10(11)14/h3-4,6H,2,5H2,1H3. The molecular weight excluding hydrogens is 280 g/mol. The highest BCUT2D eigenvalue weighted by atomic mass is 35.5. The van der Waals surface area contributed by atoms with Crippen LogP contribution in [0.2, 0.25) is 15.2 Å². The van der Waals surface area contributed by atoms with Crippen molar-refractivity contribution in [2.45, 2.75) is 19.9 Å². The van der Waals surface area contributed by atoms with Crippen molar-refractivity contribution in [1.82, 2.24) is 4.57 Å². The van der Waals surface area contributed by atoms with E-state index in [1.165, 1.54) is 0 Å². The van der Waals surface area contributed by atoms with Crippen molar-refractivity contribution in [3.63, 3.8) is 0 Å². The topological polar surface area (TPSA) is 22.0 Å². The molecule has 0 aliphatic rings. The number of aryl methyl sites for hydroxylation is 1. The maximum atomic E-state index is 11.1. The number of aldehydes is 1. The van der Waals surface area contributed by atoms with Gasteiger partial charge in [-0.05, 0) is 12.5 Å². The molecule has 0 saturated carbocycles. The second kappa shape index (κ2) is 4.89. The molecule has 0 unspecified atom stereocenters. The normalized spacial score (nSPS) is 11.1. The number of nitrogens with zero attached hydrogens (tertiary/aromatic N) is 1. The molecule has 0 radical (unpaired) electrons. The van der Waals surface area contributed by atoms with E-state index in [0.717, 1.165) is 23.6 Å². The predicted molar refractivity (Wildman–Crippen MR) is 72.6 cm³/mol. The summed E-state index contributed by atoms with van der Waals surface area (Å²) in [6.07, 6.45) is 1.64. The number of carbonyl (C=O) groups excluding carboxylic acids is 1. The number of halogens is 3. The van der Waals surface area contributed by atoms with Crippen molar-refractivity contribution >= 4 is 52.0 Å². The maximum Gasteiger partial charge on any atom is 0.153 e. The minimum Gasteiger partial charge on any atom is -0.330 e. The molecule has 2 aromatic rings. The minimum absolute atomic E-state index is 0.418. The third-order valence-corrected chi connectivity index (χ3v) is 3.86. The van der Waals surface area contributed by atoms with Gasteiger partial charge in [0.15, 0.2) is 6.29 Å². The van der Waals surface area contributed by atoms with Crippen molar-refractivity contribution in [3.05, 3.63) is 32.9 Å². The molecule has 0 N–H and O–H groups in total. The second-order valence-corrected chi connectivity index (χ2v) is 4.87. The zero-order valence-corrected chi connectivity index (χ0v) is 11.4. The molecule has 1 aromatic carbocycles. The molecule has 1 heterocycles. The fourth-order valence-electron chi connectivity index (χ4n) is 1.92. The molecule has 1 aromatic heterocycles. The lowest BCUT2D eigenvalue weighted by Gasteiger charge is -2.06. The second-order valence-electron chi connectivity index (χ2n) is 3.73. The van der Waals surface area contributed by atoms with Gasteiger partial charge in [-0.1, -0.05) is 47.8 Å². The van der Waals surface area contributed by atoms with Crippen molar-refractivity contribution in [3.8, 4) is 0 Å². The molecule has 0 spiro atoms. The lowest BCUT2D eigenvalue weighted by molar-refractivity contribution is 0.112. The van der Waals surface area contributed by atoms with E-state index in [0.29, 0.717) is 27.3 Å². The smallest absolute Gasteiger partial charge is 0.153 e. The molecule has 2 nitrogen and oxygen atoms in total. The summed E-state index contributed by atoms with van der Waals surface area (Å²) in [7, 11) is 0. The highest BCUT2D eigenvalue weighted by Crippen LogP contribution is 2.37. The summed E-state index contributed by atoms with van der Waals surface area (Å²) in [6, 6.07) is 3.44. The van der Waals surface area contributed by atoms with Crippen LogP contribution in [-0.4, -0.2) is 10.9 Å². The van der Waals surface area contributed by atoms with Gasteiger partial charge in [-0.15, -0.1) is 0 Å². The summed E-state index contributed by atoms with van der Waals surface area (Å²) < 4.78 is 1.83. The van der Waals surface area contributed by atoms with E-state index in [1.54, 1.807) is 12.1 Å². The van der Waals surface area contributed by atoms with E-state index >= 15 is 0 Å². The molecule has 0 aliphatic heterocycles. The molecule has 2 rings (SSSR count). The molecule has 5 heteroatoms. The molecule has 0 fully saturated rings. The first kappa shape index (κ1) is 12.7. The Kier molecular flexibility index (Phi) is 3.67. The quantitative estimate of drug-likeness (QED) is 0.743. The van der Waals surface area contributed by atoms with Crippen LogP contribution in [0.4, 0.5) is 0 Å². The van der Waals surface area contributed by atoms with Gasteiger partial charge in [0.1, 0.15) is 5.15 Å². The first-order chi connectivity index (χ1) is 8.11. The Bertz CT molecular complexity index is 589. The number of hydrogen-bond acceptors (Lipinski definition) is 1. The summed E-state index contributed by atoms with van der Waals surface area (Å²) in [5.41, 5.74) is 1.20. The molecule has 17 heavy (non-hydrogen) atoms. The van der Waals surface area contributed by atoms with Gasteiger partial charge in [-0.2, -0.15) is 0 Å². The summed E-state index contributed by atoms with van der Waals surface area (Å²) in [6.45, 7) is 2.73. The van der Waals surface area contributed by atoms with Crippen LogP contribution in [0.25, 0.3) is 10.9 Å². The highest BCUT2D eigenvalue weighted by molar-refractivity contribution is 6.46. The van der Waals surface area contributed by atoms with Crippen LogP contribution < -0.4 is 0 Å². The highest BCUT2D eigenvalue weighted by Gasteiger charge is 2.18. The Balaban J connectivity index is 2.91. The Hall–Kier alpha value is -0.700. The van der Waals surface area contributed by atoms with E-state index < -0.39 is 0 Å². The van der Waals surface area contributed by atoms with E-state index in [1.807, 2.05) is 11.5 Å². The van der Waals surface area contributed by atoms with Gasteiger partial charge in [-0.25, -0.2) is 0 Å². The van der Waals surface area contributed by atoms with Crippen molar-refractivity contribution in [1.29, 1.82) is 0 Å². The van der Waals surface area contributed by atoms with Crippen LogP contribution >= 0.6 is 34.8 Å². The van der Waals surface area contributed by atoms with Gasteiger partial charge in [0, 0.05) is 11.9 Å². The van der Waals surface area contributed by atoms with Crippen LogP contribution in [0, 0.1) is 0 Å². The van der Waals surface area contributed by atoms with E-state index in [2.05, 4.69) is 0 Å². The summed E-state index contributed by atoms with van der Waals surface area (Å²) in [5.74, 6) is 0. The number of hydrogen-bond donors (Lipinski definition) is 0. The van der Waals surface area contributed by atoms with Gasteiger partial charge in [0.25, 0.3) is 0 Å². The summed E-state index contributed by atoms with van der Waals surface area (Å²) in [5, 5.41) is 2.06. The van der Waals surface area contributed by atoms with Gasteiger partial charge in [0.2, 0.25) is 0 Å². The van der Waals surface area contributed by atoms with E-state index in [-0.39, 0.29) is 0 Å². The summed E-state index contributed by atoms with van der Waals surface area (Å²) in [4.78, 5) is 11.1. The summed E-state index contributed by atoms with van der Waals surface area (Å²) >= 11 is 18.4. The largest absolute Gasteiger partial charge is 0.330 e. The van der Waals surface area contributed by atoms with Crippen LogP contribution in [-0.2, 0) is 6.54 Å². The zero-order chi connectivity index (χ0) is 12.6. The maximum absolute atomic E-state index is 11.1. The zero-order valence-electron chi connectivity index (χ0n) is 9.14. The van der Waals surface area contributed by atoms with E-state index in [9.17, 15) is 4.79 Å². The Morgan fingerprint density at radius 3 is 2.59 bits per heavy atom. The number of aromatic nitrogens is 1. The molecule has 0 amide bonds. The van der Waals surface area contributed by atoms with Crippen LogP contribution in [0.5, 0.6) is 0 Å². The molecule has 0 saturated heterocycles. The molecule has 0 bridgehead atoms. The first-order valence-electron chi connectivity index (χ1n) is 5.22. The lowest BCUT2D eigenvalue weighted by atomic mass is 10.2. The van der Waals surface area contributed by atoms with Crippen molar-refractivity contribution in [2.75, 3.05) is 0 Å². The first-order valence-corrected chi connectivity index (χ1v) is 6.36. The SMILES string of the molecule is CCCn1c(Cl)c(C=O)c2ccc(Cl)c(Cl)c21. The van der Waals surface area contributed by atoms with Crippen LogP contribution in [0.3, 0.4) is 0 Å². The molecule has 90 valence electrons. The van der Waals surface area contributed by atoms with Gasteiger partial charge < -0.3 is 4.57 Å². The fraction of sp³-hybridized carbons (Fsp3) is 0.250. The van der Waals surface area contributed by atoms with Crippen molar-refractivity contribution in [2.24, 2.45) is 0 Å². The number of carbonyl (C=O) groups is 1. The molecular formula is C12H10Cl3NO. The number of rotatable bonds is 3. The Morgan fingerprint density at radius 2 is 2.00 bits per heavy atom. The van der Waals surface area contributed by atoms with Crippen LogP contribution in [0.15, 0.2) is 12.1 Å². The van der Waals surface area contributed by atoms with Gasteiger partial charge in [0.05, 0.1) is 21.1 Å². The predicted octanol–water partition coefficient (Wildman–Crippen LogP) is 4.82. The Labute approximate surface area is 114 Å². The average Bonchev–Trinajstić information content (AvgIpc) is 2.58. The number of fused-ring (bicyclic) bond motifs is 1.